The van der Waals surface area contributed by atoms with E-state index in [1.54, 1.807) is 0 Å². The second-order valence-electron chi connectivity index (χ2n) is 4.69. The first-order valence-corrected chi connectivity index (χ1v) is 6.88. The van der Waals surface area contributed by atoms with E-state index in [4.69, 9.17) is 0 Å². The van der Waals surface area contributed by atoms with Crippen molar-refractivity contribution >= 4 is 0 Å². The van der Waals surface area contributed by atoms with Crippen molar-refractivity contribution < 1.29 is 0 Å². The zero-order valence-corrected chi connectivity index (χ0v) is 10.8. The highest BCUT2D eigenvalue weighted by Gasteiger charge is 2.12. The molecule has 1 rings (SSSR count). The van der Waals surface area contributed by atoms with E-state index in [1.807, 2.05) is 6.20 Å². The Balaban J connectivity index is 2.32. The molecule has 1 atom stereocenters. The molecule has 0 saturated heterocycles. The normalized spacial score (nSPS) is 12.9. The van der Waals surface area contributed by atoms with Crippen LogP contribution in [0.1, 0.15) is 76.8 Å². The lowest BCUT2D eigenvalue weighted by molar-refractivity contribution is 0.499. The average Bonchev–Trinajstić information content (AvgIpc) is 2.82. The first kappa shape index (κ1) is 13.3. The van der Waals surface area contributed by atoms with Crippen LogP contribution in [0.4, 0.5) is 0 Å². The second-order valence-corrected chi connectivity index (χ2v) is 4.69. The van der Waals surface area contributed by atoms with Crippen molar-refractivity contribution in [1.29, 1.82) is 0 Å². The molecule has 2 nitrogen and oxygen atoms in total. The summed E-state index contributed by atoms with van der Waals surface area (Å²) >= 11 is 0. The Bertz CT molecular complexity index is 241. The molecule has 0 aliphatic heterocycles. The van der Waals surface area contributed by atoms with Crippen LogP contribution in [0, 0.1) is 0 Å². The van der Waals surface area contributed by atoms with Gasteiger partial charge in [-0.05, 0) is 18.9 Å². The second kappa shape index (κ2) is 8.37. The Hall–Kier alpha value is -0.790. The fraction of sp³-hybridized carbons (Fsp3) is 0.786. The van der Waals surface area contributed by atoms with Gasteiger partial charge in [-0.25, -0.2) is 0 Å². The molecule has 2 heteroatoms. The Morgan fingerprint density at radius 2 is 1.81 bits per heavy atom. The number of rotatable bonds is 9. The van der Waals surface area contributed by atoms with Crippen molar-refractivity contribution in [3.05, 3.63) is 18.0 Å². The van der Waals surface area contributed by atoms with Crippen molar-refractivity contribution in [2.24, 2.45) is 0 Å². The lowest BCUT2D eigenvalue weighted by Gasteiger charge is -2.13. The molecule has 0 aliphatic rings. The maximum Gasteiger partial charge on any atom is 0.0652 e. The van der Waals surface area contributed by atoms with Gasteiger partial charge in [0.15, 0.2) is 0 Å². The quantitative estimate of drug-likeness (QED) is 0.605. The third kappa shape index (κ3) is 4.82. The summed E-state index contributed by atoms with van der Waals surface area (Å²) in [5.74, 6) is 0.683. The van der Waals surface area contributed by atoms with E-state index in [9.17, 15) is 0 Å². The van der Waals surface area contributed by atoms with Gasteiger partial charge in [-0.15, -0.1) is 0 Å². The van der Waals surface area contributed by atoms with E-state index in [-0.39, 0.29) is 0 Å². The molecule has 92 valence electrons. The third-order valence-electron chi connectivity index (χ3n) is 3.25. The third-order valence-corrected chi connectivity index (χ3v) is 3.25. The van der Waals surface area contributed by atoms with Crippen LogP contribution in [0.2, 0.25) is 0 Å². The SMILES string of the molecule is CCCCCCC(CCCC)c1cc[nH]n1. The van der Waals surface area contributed by atoms with E-state index in [0.29, 0.717) is 5.92 Å². The van der Waals surface area contributed by atoms with Gasteiger partial charge >= 0.3 is 0 Å². The summed E-state index contributed by atoms with van der Waals surface area (Å²) in [6.07, 6.45) is 12.6. The minimum atomic E-state index is 0.683. The van der Waals surface area contributed by atoms with Gasteiger partial charge in [0.2, 0.25) is 0 Å². The molecule has 1 aromatic rings. The van der Waals surface area contributed by atoms with Gasteiger partial charge in [-0.3, -0.25) is 5.10 Å². The van der Waals surface area contributed by atoms with Crippen LogP contribution < -0.4 is 0 Å². The topological polar surface area (TPSA) is 28.7 Å². The molecule has 1 N–H and O–H groups in total. The molecule has 0 aromatic carbocycles. The Morgan fingerprint density at radius 3 is 2.44 bits per heavy atom. The average molecular weight is 222 g/mol. The highest BCUT2D eigenvalue weighted by molar-refractivity contribution is 5.05. The number of unbranched alkanes of at least 4 members (excludes halogenated alkanes) is 4. The van der Waals surface area contributed by atoms with Crippen LogP contribution in [-0.4, -0.2) is 10.2 Å². The van der Waals surface area contributed by atoms with Gasteiger partial charge in [0.25, 0.3) is 0 Å². The van der Waals surface area contributed by atoms with Gasteiger partial charge in [-0.2, -0.15) is 5.10 Å². The predicted octanol–water partition coefficient (Wildman–Crippen LogP) is 4.65. The summed E-state index contributed by atoms with van der Waals surface area (Å²) in [4.78, 5) is 0. The van der Waals surface area contributed by atoms with E-state index in [2.05, 4.69) is 30.1 Å². The van der Waals surface area contributed by atoms with Gasteiger partial charge in [0.05, 0.1) is 5.69 Å². The minimum absolute atomic E-state index is 0.683. The van der Waals surface area contributed by atoms with Gasteiger partial charge in [-0.1, -0.05) is 52.4 Å². The highest BCUT2D eigenvalue weighted by atomic mass is 15.1. The molecule has 16 heavy (non-hydrogen) atoms. The predicted molar refractivity (Wildman–Crippen MR) is 69.6 cm³/mol. The molecule has 1 aromatic heterocycles. The van der Waals surface area contributed by atoms with Crippen molar-refractivity contribution in [3.63, 3.8) is 0 Å². The number of nitrogens with one attached hydrogen (secondary N) is 1. The summed E-state index contributed by atoms with van der Waals surface area (Å²) < 4.78 is 0. The number of aromatic nitrogens is 2. The number of H-pyrrole nitrogens is 1. The summed E-state index contributed by atoms with van der Waals surface area (Å²) in [6, 6.07) is 2.14. The van der Waals surface area contributed by atoms with Crippen molar-refractivity contribution in [3.8, 4) is 0 Å². The van der Waals surface area contributed by atoms with E-state index < -0.39 is 0 Å². The minimum Gasteiger partial charge on any atom is -0.285 e. The zero-order valence-electron chi connectivity index (χ0n) is 10.8. The first-order valence-electron chi connectivity index (χ1n) is 6.88. The fourth-order valence-electron chi connectivity index (χ4n) is 2.21. The summed E-state index contributed by atoms with van der Waals surface area (Å²) in [5, 5.41) is 7.28. The monoisotopic (exact) mass is 222 g/mol. The van der Waals surface area contributed by atoms with Crippen molar-refractivity contribution in [1.82, 2.24) is 10.2 Å². The van der Waals surface area contributed by atoms with Gasteiger partial charge in [0, 0.05) is 12.1 Å². The summed E-state index contributed by atoms with van der Waals surface area (Å²) in [6.45, 7) is 4.53. The van der Waals surface area contributed by atoms with Crippen LogP contribution in [-0.2, 0) is 0 Å². The van der Waals surface area contributed by atoms with E-state index >= 15 is 0 Å². The lowest BCUT2D eigenvalue weighted by Crippen LogP contribution is -2.00. The molecular formula is C14H26N2. The number of nitrogens with zero attached hydrogens (tertiary/aromatic N) is 1. The molecule has 0 fully saturated rings. The maximum atomic E-state index is 4.34. The summed E-state index contributed by atoms with van der Waals surface area (Å²) in [7, 11) is 0. The smallest absolute Gasteiger partial charge is 0.0652 e. The van der Waals surface area contributed by atoms with Crippen LogP contribution in [0.25, 0.3) is 0 Å². The maximum absolute atomic E-state index is 4.34. The molecule has 0 aliphatic carbocycles. The van der Waals surface area contributed by atoms with Gasteiger partial charge < -0.3 is 0 Å². The van der Waals surface area contributed by atoms with Crippen molar-refractivity contribution in [2.45, 2.75) is 71.1 Å². The van der Waals surface area contributed by atoms with Gasteiger partial charge in [0.1, 0.15) is 0 Å². The van der Waals surface area contributed by atoms with E-state index in [0.717, 1.165) is 0 Å². The summed E-state index contributed by atoms with van der Waals surface area (Å²) in [5.41, 5.74) is 1.27. The Kier molecular flexibility index (Phi) is 6.95. The molecule has 0 amide bonds. The van der Waals surface area contributed by atoms with Crippen molar-refractivity contribution in [2.75, 3.05) is 0 Å². The molecular weight excluding hydrogens is 196 g/mol. The zero-order chi connectivity index (χ0) is 11.6. The first-order chi connectivity index (χ1) is 7.88. The fourth-order valence-corrected chi connectivity index (χ4v) is 2.21. The molecule has 0 bridgehead atoms. The standard InChI is InChI=1S/C14H26N2/c1-3-5-7-8-10-13(9-6-4-2)14-11-12-15-16-14/h11-13H,3-10H2,1-2H3,(H,15,16). The molecule has 0 spiro atoms. The van der Waals surface area contributed by atoms with Crippen LogP contribution in [0.3, 0.4) is 0 Å². The van der Waals surface area contributed by atoms with E-state index in [1.165, 1.54) is 57.1 Å². The Labute approximate surface area is 99.8 Å². The molecule has 1 unspecified atom stereocenters. The number of hydrogen-bond acceptors (Lipinski definition) is 1. The molecule has 0 radical (unpaired) electrons. The number of hydrogen-bond donors (Lipinski definition) is 1. The largest absolute Gasteiger partial charge is 0.285 e. The highest BCUT2D eigenvalue weighted by Crippen LogP contribution is 2.26. The number of aromatic amines is 1. The lowest BCUT2D eigenvalue weighted by atomic mass is 9.92. The molecule has 0 saturated carbocycles. The van der Waals surface area contributed by atoms with Crippen LogP contribution in [0.5, 0.6) is 0 Å². The van der Waals surface area contributed by atoms with Crippen LogP contribution >= 0.6 is 0 Å². The van der Waals surface area contributed by atoms with Crippen LogP contribution in [0.15, 0.2) is 12.3 Å². The molecule has 1 heterocycles. The Morgan fingerprint density at radius 1 is 1.06 bits per heavy atom.